The van der Waals surface area contributed by atoms with Crippen LogP contribution in [0.5, 0.6) is 0 Å². The lowest BCUT2D eigenvalue weighted by molar-refractivity contribution is 1.24. The maximum absolute atomic E-state index is 4.11. The molecule has 0 aliphatic rings. The van der Waals surface area contributed by atoms with E-state index in [-0.39, 0.29) is 0 Å². The van der Waals surface area contributed by atoms with Crippen molar-refractivity contribution in [2.45, 2.75) is 18.4 Å². The Morgan fingerprint density at radius 2 is 1.94 bits per heavy atom. The molecule has 0 bridgehead atoms. The molecule has 82 valence electrons. The van der Waals surface area contributed by atoms with Crippen LogP contribution in [0.2, 0.25) is 0 Å². The molecule has 0 N–H and O–H groups in total. The second kappa shape index (κ2) is 5.71. The normalized spacial score (nSPS) is 10.3. The van der Waals surface area contributed by atoms with Gasteiger partial charge in [0.15, 0.2) is 0 Å². The molecule has 0 fully saturated rings. The van der Waals surface area contributed by atoms with Gasteiger partial charge in [-0.25, -0.2) is 0 Å². The summed E-state index contributed by atoms with van der Waals surface area (Å²) in [5.41, 5.74) is 4.10. The zero-order chi connectivity index (χ0) is 11.2. The van der Waals surface area contributed by atoms with Gasteiger partial charge in [-0.2, -0.15) is 11.8 Å². The number of nitrogens with zero attached hydrogens (tertiary/aromatic N) is 1. The van der Waals surface area contributed by atoms with Gasteiger partial charge >= 0.3 is 0 Å². The predicted octanol–water partition coefficient (Wildman–Crippen LogP) is 3.82. The minimum Gasteiger partial charge on any atom is -0.264 e. The van der Waals surface area contributed by atoms with E-state index < -0.39 is 0 Å². The zero-order valence-corrected chi connectivity index (χ0v) is 10.2. The van der Waals surface area contributed by atoms with Crippen LogP contribution in [0.4, 0.5) is 0 Å². The van der Waals surface area contributed by atoms with E-state index in [2.05, 4.69) is 42.2 Å². The molecule has 0 aliphatic heterocycles. The van der Waals surface area contributed by atoms with Gasteiger partial charge < -0.3 is 0 Å². The third-order valence-electron chi connectivity index (χ3n) is 2.51. The maximum Gasteiger partial charge on any atom is 0.0308 e. The maximum atomic E-state index is 4.11. The highest BCUT2D eigenvalue weighted by Crippen LogP contribution is 2.19. The summed E-state index contributed by atoms with van der Waals surface area (Å²) in [4.78, 5) is 4.11. The second-order valence-electron chi connectivity index (χ2n) is 3.78. The molecule has 0 amide bonds. The Hall–Kier alpha value is -1.28. The van der Waals surface area contributed by atoms with Crippen LogP contribution in [-0.4, -0.2) is 4.98 Å². The van der Waals surface area contributed by atoms with Crippen molar-refractivity contribution in [3.05, 3.63) is 65.5 Å². The highest BCUT2D eigenvalue weighted by atomic mass is 32.2. The summed E-state index contributed by atoms with van der Waals surface area (Å²) < 4.78 is 0. The van der Waals surface area contributed by atoms with E-state index in [1.165, 1.54) is 16.7 Å². The summed E-state index contributed by atoms with van der Waals surface area (Å²) >= 11 is 1.93. The third-order valence-corrected chi connectivity index (χ3v) is 3.56. The Balaban J connectivity index is 1.87. The van der Waals surface area contributed by atoms with Crippen LogP contribution in [0.3, 0.4) is 0 Å². The van der Waals surface area contributed by atoms with Crippen molar-refractivity contribution in [1.82, 2.24) is 4.98 Å². The van der Waals surface area contributed by atoms with Crippen LogP contribution in [0.25, 0.3) is 0 Å². The van der Waals surface area contributed by atoms with Crippen molar-refractivity contribution in [2.75, 3.05) is 0 Å². The van der Waals surface area contributed by atoms with Crippen LogP contribution in [0.15, 0.2) is 48.8 Å². The van der Waals surface area contributed by atoms with Crippen LogP contribution in [0, 0.1) is 6.92 Å². The number of benzene rings is 1. The van der Waals surface area contributed by atoms with E-state index in [1.807, 2.05) is 30.2 Å². The molecule has 1 aromatic heterocycles. The Morgan fingerprint density at radius 3 is 2.69 bits per heavy atom. The van der Waals surface area contributed by atoms with Gasteiger partial charge in [0.2, 0.25) is 0 Å². The Morgan fingerprint density at radius 1 is 1.06 bits per heavy atom. The molecule has 2 aromatic rings. The van der Waals surface area contributed by atoms with Crippen molar-refractivity contribution in [3.8, 4) is 0 Å². The highest BCUT2D eigenvalue weighted by molar-refractivity contribution is 7.97. The predicted molar refractivity (Wildman–Crippen MR) is 70.4 cm³/mol. The molecule has 1 heterocycles. The fourth-order valence-electron chi connectivity index (χ4n) is 1.53. The number of hydrogen-bond donors (Lipinski definition) is 0. The first-order chi connectivity index (χ1) is 7.86. The van der Waals surface area contributed by atoms with Gasteiger partial charge in [-0.3, -0.25) is 4.98 Å². The first-order valence-corrected chi connectivity index (χ1v) is 6.53. The van der Waals surface area contributed by atoms with Crippen molar-refractivity contribution in [1.29, 1.82) is 0 Å². The summed E-state index contributed by atoms with van der Waals surface area (Å²) in [6.07, 6.45) is 3.75. The molecule has 0 aliphatic carbocycles. The molecule has 2 rings (SSSR count). The Bertz CT molecular complexity index is 439. The van der Waals surface area contributed by atoms with Crippen LogP contribution >= 0.6 is 11.8 Å². The molecule has 0 radical (unpaired) electrons. The monoisotopic (exact) mass is 229 g/mol. The van der Waals surface area contributed by atoms with E-state index in [4.69, 9.17) is 0 Å². The molecular formula is C14H15NS. The molecule has 0 saturated carbocycles. The van der Waals surface area contributed by atoms with Gasteiger partial charge in [0.05, 0.1) is 0 Å². The van der Waals surface area contributed by atoms with E-state index in [0.29, 0.717) is 0 Å². The standard InChI is InChI=1S/C14H15NS/c1-12-5-2-3-7-14(12)11-16-10-13-6-4-8-15-9-13/h2-9H,10-11H2,1H3. The van der Waals surface area contributed by atoms with Gasteiger partial charge in [-0.15, -0.1) is 0 Å². The largest absolute Gasteiger partial charge is 0.264 e. The lowest BCUT2D eigenvalue weighted by Crippen LogP contribution is -1.87. The first-order valence-electron chi connectivity index (χ1n) is 5.37. The third kappa shape index (κ3) is 3.11. The second-order valence-corrected chi connectivity index (χ2v) is 4.77. The molecule has 1 aromatic carbocycles. The lowest BCUT2D eigenvalue weighted by atomic mass is 10.1. The molecule has 0 spiro atoms. The topological polar surface area (TPSA) is 12.9 Å². The van der Waals surface area contributed by atoms with E-state index >= 15 is 0 Å². The summed E-state index contributed by atoms with van der Waals surface area (Å²) in [5, 5.41) is 0. The van der Waals surface area contributed by atoms with Crippen molar-refractivity contribution in [2.24, 2.45) is 0 Å². The average molecular weight is 229 g/mol. The number of rotatable bonds is 4. The van der Waals surface area contributed by atoms with Gasteiger partial charge in [0, 0.05) is 23.9 Å². The Labute approximate surface area is 101 Å². The minimum absolute atomic E-state index is 1.03. The molecule has 1 nitrogen and oxygen atoms in total. The smallest absolute Gasteiger partial charge is 0.0308 e. The van der Waals surface area contributed by atoms with Gasteiger partial charge in [0.1, 0.15) is 0 Å². The quantitative estimate of drug-likeness (QED) is 0.790. The number of aryl methyl sites for hydroxylation is 1. The highest BCUT2D eigenvalue weighted by Gasteiger charge is 1.98. The summed E-state index contributed by atoms with van der Waals surface area (Å²) in [6, 6.07) is 12.7. The molecule has 16 heavy (non-hydrogen) atoms. The zero-order valence-electron chi connectivity index (χ0n) is 9.39. The van der Waals surface area contributed by atoms with E-state index in [9.17, 15) is 0 Å². The fourth-order valence-corrected chi connectivity index (χ4v) is 2.59. The van der Waals surface area contributed by atoms with Crippen LogP contribution in [-0.2, 0) is 11.5 Å². The molecule has 0 unspecified atom stereocenters. The summed E-state index contributed by atoms with van der Waals surface area (Å²) in [5.74, 6) is 2.10. The molecule has 2 heteroatoms. The van der Waals surface area contributed by atoms with Gasteiger partial charge in [-0.1, -0.05) is 30.3 Å². The van der Waals surface area contributed by atoms with Crippen molar-refractivity contribution in [3.63, 3.8) is 0 Å². The molecular weight excluding hydrogens is 214 g/mol. The first kappa shape index (κ1) is 11.2. The van der Waals surface area contributed by atoms with Crippen LogP contribution < -0.4 is 0 Å². The lowest BCUT2D eigenvalue weighted by Gasteiger charge is -2.05. The van der Waals surface area contributed by atoms with Crippen molar-refractivity contribution >= 4 is 11.8 Å². The van der Waals surface area contributed by atoms with Gasteiger partial charge in [0.25, 0.3) is 0 Å². The molecule has 0 saturated heterocycles. The number of pyridine rings is 1. The van der Waals surface area contributed by atoms with Gasteiger partial charge in [-0.05, 0) is 29.7 Å². The summed E-state index contributed by atoms with van der Waals surface area (Å²) in [6.45, 7) is 2.17. The number of aromatic nitrogens is 1. The SMILES string of the molecule is Cc1ccccc1CSCc1cccnc1. The minimum atomic E-state index is 1.03. The van der Waals surface area contributed by atoms with E-state index in [1.54, 1.807) is 0 Å². The molecule has 0 atom stereocenters. The fraction of sp³-hybridized carbons (Fsp3) is 0.214. The average Bonchev–Trinajstić information content (AvgIpc) is 2.33. The van der Waals surface area contributed by atoms with Crippen molar-refractivity contribution < 1.29 is 0 Å². The van der Waals surface area contributed by atoms with E-state index in [0.717, 1.165) is 11.5 Å². The number of hydrogen-bond acceptors (Lipinski definition) is 2. The Kier molecular flexibility index (Phi) is 4.00. The number of thioether (sulfide) groups is 1. The van der Waals surface area contributed by atoms with Crippen LogP contribution in [0.1, 0.15) is 16.7 Å². The summed E-state index contributed by atoms with van der Waals surface area (Å²) in [7, 11) is 0.